The number of aliphatic hydroxyl groups excluding tert-OH is 1. The average Bonchev–Trinajstić information content (AvgIpc) is 2.80. The van der Waals surface area contributed by atoms with Gasteiger partial charge in [0, 0.05) is 30.8 Å². The third-order valence-corrected chi connectivity index (χ3v) is 5.43. The van der Waals surface area contributed by atoms with Gasteiger partial charge in [-0.3, -0.25) is 9.88 Å². The Morgan fingerprint density at radius 3 is 2.66 bits per heavy atom. The van der Waals surface area contributed by atoms with E-state index in [1.807, 2.05) is 67.0 Å². The van der Waals surface area contributed by atoms with E-state index in [0.717, 1.165) is 60.7 Å². The molecule has 0 aliphatic carbocycles. The first-order valence-electron chi connectivity index (χ1n) is 10.2. The van der Waals surface area contributed by atoms with E-state index in [0.29, 0.717) is 12.5 Å². The second-order valence-electron chi connectivity index (χ2n) is 7.49. The fourth-order valence-corrected chi connectivity index (χ4v) is 3.81. The summed E-state index contributed by atoms with van der Waals surface area (Å²) in [5.74, 6) is 1.32. The standard InChI is InChI=1S/C24H27N3O2/c28-18-19-8-10-20(11-9-19)23-15-25-16-24(26-23)21-5-4-12-27(17-21)13-14-29-22-6-2-1-3-7-22/h1-3,6-11,15-16,21,28H,4-5,12-14,17-18H2/t21-/m1/s1. The number of likely N-dealkylation sites (tertiary alicyclic amines) is 1. The van der Waals surface area contributed by atoms with Gasteiger partial charge in [0.2, 0.25) is 0 Å². The molecular formula is C24H27N3O2. The van der Waals surface area contributed by atoms with Crippen LogP contribution in [0.4, 0.5) is 0 Å². The SMILES string of the molecule is OCc1ccc(-c2cncc([C@@H]3CCCN(CCOc4ccccc4)C3)n2)cc1. The summed E-state index contributed by atoms with van der Waals surface area (Å²) in [6.07, 6.45) is 6.01. The van der Waals surface area contributed by atoms with Gasteiger partial charge in [0.1, 0.15) is 12.4 Å². The van der Waals surface area contributed by atoms with Crippen LogP contribution in [0.2, 0.25) is 0 Å². The summed E-state index contributed by atoms with van der Waals surface area (Å²) in [6.45, 7) is 3.75. The van der Waals surface area contributed by atoms with Crippen LogP contribution in [0, 0.1) is 0 Å². The van der Waals surface area contributed by atoms with Gasteiger partial charge in [0.05, 0.1) is 24.2 Å². The Kier molecular flexibility index (Phi) is 6.49. The van der Waals surface area contributed by atoms with Crippen molar-refractivity contribution in [2.45, 2.75) is 25.4 Å². The summed E-state index contributed by atoms with van der Waals surface area (Å²) in [6, 6.07) is 17.8. The Balaban J connectivity index is 1.37. The minimum absolute atomic E-state index is 0.0535. The van der Waals surface area contributed by atoms with Crippen molar-refractivity contribution in [3.05, 3.63) is 78.2 Å². The minimum Gasteiger partial charge on any atom is -0.492 e. The van der Waals surface area contributed by atoms with Gasteiger partial charge < -0.3 is 9.84 Å². The summed E-state index contributed by atoms with van der Waals surface area (Å²) >= 11 is 0. The predicted octanol–water partition coefficient (Wildman–Crippen LogP) is 3.89. The lowest BCUT2D eigenvalue weighted by Crippen LogP contribution is -2.37. The molecule has 0 saturated carbocycles. The highest BCUT2D eigenvalue weighted by atomic mass is 16.5. The molecular weight excluding hydrogens is 362 g/mol. The van der Waals surface area contributed by atoms with Crippen LogP contribution in [0.1, 0.15) is 30.0 Å². The zero-order valence-corrected chi connectivity index (χ0v) is 16.6. The molecule has 5 nitrogen and oxygen atoms in total. The van der Waals surface area contributed by atoms with E-state index >= 15 is 0 Å². The molecule has 0 unspecified atom stereocenters. The van der Waals surface area contributed by atoms with Crippen molar-refractivity contribution in [1.29, 1.82) is 0 Å². The summed E-state index contributed by atoms with van der Waals surface area (Å²) in [5.41, 5.74) is 3.87. The molecule has 0 amide bonds. The van der Waals surface area contributed by atoms with E-state index in [1.165, 1.54) is 0 Å². The number of benzene rings is 2. The highest BCUT2D eigenvalue weighted by Crippen LogP contribution is 2.27. The van der Waals surface area contributed by atoms with E-state index in [1.54, 1.807) is 0 Å². The third kappa shape index (κ3) is 5.19. The van der Waals surface area contributed by atoms with E-state index in [2.05, 4.69) is 9.88 Å². The Morgan fingerprint density at radius 2 is 1.86 bits per heavy atom. The molecule has 0 spiro atoms. The Bertz CT molecular complexity index is 900. The fraction of sp³-hybridized carbons (Fsp3) is 0.333. The average molecular weight is 389 g/mol. The monoisotopic (exact) mass is 389 g/mol. The molecule has 29 heavy (non-hydrogen) atoms. The molecule has 150 valence electrons. The molecule has 1 fully saturated rings. The number of aliphatic hydroxyl groups is 1. The molecule has 5 heteroatoms. The van der Waals surface area contributed by atoms with Gasteiger partial charge in [-0.25, -0.2) is 4.98 Å². The summed E-state index contributed by atoms with van der Waals surface area (Å²) in [5, 5.41) is 9.22. The van der Waals surface area contributed by atoms with Crippen molar-refractivity contribution in [2.24, 2.45) is 0 Å². The zero-order chi connectivity index (χ0) is 19.9. The molecule has 1 aromatic heterocycles. The lowest BCUT2D eigenvalue weighted by atomic mass is 9.95. The molecule has 1 aliphatic heterocycles. The highest BCUT2D eigenvalue weighted by Gasteiger charge is 2.23. The second kappa shape index (κ2) is 9.63. The van der Waals surface area contributed by atoms with Crippen molar-refractivity contribution < 1.29 is 9.84 Å². The maximum Gasteiger partial charge on any atom is 0.119 e. The number of aromatic nitrogens is 2. The minimum atomic E-state index is 0.0535. The normalized spacial score (nSPS) is 17.2. The fourth-order valence-electron chi connectivity index (χ4n) is 3.81. The zero-order valence-electron chi connectivity index (χ0n) is 16.6. The van der Waals surface area contributed by atoms with E-state index in [4.69, 9.17) is 9.72 Å². The number of nitrogens with zero attached hydrogens (tertiary/aromatic N) is 3. The lowest BCUT2D eigenvalue weighted by Gasteiger charge is -2.32. The number of hydrogen-bond donors (Lipinski definition) is 1. The van der Waals surface area contributed by atoms with Crippen LogP contribution in [-0.4, -0.2) is 46.2 Å². The van der Waals surface area contributed by atoms with E-state index < -0.39 is 0 Å². The van der Waals surface area contributed by atoms with Crippen molar-refractivity contribution in [1.82, 2.24) is 14.9 Å². The van der Waals surface area contributed by atoms with Gasteiger partial charge in [0.15, 0.2) is 0 Å². The molecule has 2 heterocycles. The molecule has 1 saturated heterocycles. The quantitative estimate of drug-likeness (QED) is 0.664. The van der Waals surface area contributed by atoms with E-state index in [-0.39, 0.29) is 6.61 Å². The Morgan fingerprint density at radius 1 is 1.03 bits per heavy atom. The maximum absolute atomic E-state index is 9.22. The van der Waals surface area contributed by atoms with Crippen LogP contribution in [0.3, 0.4) is 0 Å². The van der Waals surface area contributed by atoms with Gasteiger partial charge >= 0.3 is 0 Å². The van der Waals surface area contributed by atoms with Gasteiger partial charge in [-0.2, -0.15) is 0 Å². The summed E-state index contributed by atoms with van der Waals surface area (Å²) < 4.78 is 5.86. The number of rotatable bonds is 7. The molecule has 0 radical (unpaired) electrons. The third-order valence-electron chi connectivity index (χ3n) is 5.43. The van der Waals surface area contributed by atoms with Crippen molar-refractivity contribution in [2.75, 3.05) is 26.2 Å². The second-order valence-corrected chi connectivity index (χ2v) is 7.49. The van der Waals surface area contributed by atoms with Gasteiger partial charge in [-0.05, 0) is 37.1 Å². The largest absolute Gasteiger partial charge is 0.492 e. The first-order valence-corrected chi connectivity index (χ1v) is 10.2. The molecule has 0 bridgehead atoms. The maximum atomic E-state index is 9.22. The van der Waals surface area contributed by atoms with Crippen molar-refractivity contribution in [3.8, 4) is 17.0 Å². The molecule has 2 aromatic carbocycles. The van der Waals surface area contributed by atoms with Gasteiger partial charge in [-0.15, -0.1) is 0 Å². The topological polar surface area (TPSA) is 58.5 Å². The molecule has 1 N–H and O–H groups in total. The first-order chi connectivity index (χ1) is 14.3. The molecule has 1 aliphatic rings. The van der Waals surface area contributed by atoms with Crippen LogP contribution in [-0.2, 0) is 6.61 Å². The highest BCUT2D eigenvalue weighted by molar-refractivity contribution is 5.58. The molecule has 3 aromatic rings. The number of hydrogen-bond acceptors (Lipinski definition) is 5. The Labute approximate surface area is 172 Å². The van der Waals surface area contributed by atoms with Crippen LogP contribution in [0.15, 0.2) is 67.0 Å². The summed E-state index contributed by atoms with van der Waals surface area (Å²) in [7, 11) is 0. The molecule has 1 atom stereocenters. The summed E-state index contributed by atoms with van der Waals surface area (Å²) in [4.78, 5) is 11.8. The predicted molar refractivity (Wildman–Crippen MR) is 114 cm³/mol. The van der Waals surface area contributed by atoms with Crippen LogP contribution in [0.5, 0.6) is 5.75 Å². The van der Waals surface area contributed by atoms with Crippen molar-refractivity contribution >= 4 is 0 Å². The van der Waals surface area contributed by atoms with Crippen LogP contribution >= 0.6 is 0 Å². The number of para-hydroxylation sites is 1. The number of piperidine rings is 1. The Hall–Kier alpha value is -2.76. The lowest BCUT2D eigenvalue weighted by molar-refractivity contribution is 0.169. The van der Waals surface area contributed by atoms with Crippen molar-refractivity contribution in [3.63, 3.8) is 0 Å². The van der Waals surface area contributed by atoms with E-state index in [9.17, 15) is 5.11 Å². The first kappa shape index (κ1) is 19.6. The number of ether oxygens (including phenoxy) is 1. The van der Waals surface area contributed by atoms with Crippen LogP contribution < -0.4 is 4.74 Å². The van der Waals surface area contributed by atoms with Gasteiger partial charge in [-0.1, -0.05) is 42.5 Å². The van der Waals surface area contributed by atoms with Crippen LogP contribution in [0.25, 0.3) is 11.3 Å². The smallest absolute Gasteiger partial charge is 0.119 e. The molecule has 4 rings (SSSR count). The van der Waals surface area contributed by atoms with Gasteiger partial charge in [0.25, 0.3) is 0 Å².